The minimum Gasteiger partial charge on any atom is -0.478 e. The van der Waals surface area contributed by atoms with E-state index in [0.29, 0.717) is 6.61 Å². The topological polar surface area (TPSA) is 119 Å². The molecule has 0 aliphatic carbocycles. The second-order valence-corrected chi connectivity index (χ2v) is 5.38. The van der Waals surface area contributed by atoms with E-state index in [1.165, 1.54) is 7.11 Å². The van der Waals surface area contributed by atoms with Crippen molar-refractivity contribution >= 4 is 17.9 Å². The Bertz CT molecular complexity index is 456. The van der Waals surface area contributed by atoms with Crippen molar-refractivity contribution in [2.75, 3.05) is 33.5 Å². The van der Waals surface area contributed by atoms with E-state index < -0.39 is 29.9 Å². The van der Waals surface area contributed by atoms with Gasteiger partial charge in [0.25, 0.3) is 0 Å². The highest BCUT2D eigenvalue weighted by Crippen LogP contribution is 2.15. The van der Waals surface area contributed by atoms with Crippen molar-refractivity contribution in [1.29, 1.82) is 0 Å². The molecule has 0 saturated carbocycles. The zero-order valence-electron chi connectivity index (χ0n) is 14.9. The van der Waals surface area contributed by atoms with Crippen LogP contribution in [0.4, 0.5) is 0 Å². The summed E-state index contributed by atoms with van der Waals surface area (Å²) in [6.45, 7) is 2.96. The first-order valence-electron chi connectivity index (χ1n) is 8.34. The molecule has 0 fully saturated rings. The lowest BCUT2D eigenvalue weighted by Crippen LogP contribution is -2.18. The lowest BCUT2D eigenvalue weighted by atomic mass is 10.0. The van der Waals surface area contributed by atoms with Crippen LogP contribution < -0.4 is 0 Å². The first-order valence-corrected chi connectivity index (χ1v) is 8.34. The molecule has 0 aromatic heterocycles. The molecule has 0 unspecified atom stereocenters. The predicted octanol–water partition coefficient (Wildman–Crippen LogP) is 2.02. The average Bonchev–Trinajstić information content (AvgIpc) is 2.56. The van der Waals surface area contributed by atoms with Crippen LogP contribution in [0.5, 0.6) is 0 Å². The number of aliphatic carboxylic acids is 2. The lowest BCUT2D eigenvalue weighted by molar-refractivity contribution is -0.146. The van der Waals surface area contributed by atoms with E-state index in [0.717, 1.165) is 25.7 Å². The maximum absolute atomic E-state index is 11.7. The van der Waals surface area contributed by atoms with Crippen molar-refractivity contribution in [2.24, 2.45) is 0 Å². The van der Waals surface area contributed by atoms with Crippen molar-refractivity contribution in [3.8, 4) is 0 Å². The number of hydrogen-bond donors (Lipinski definition) is 2. The van der Waals surface area contributed by atoms with Gasteiger partial charge in [0.1, 0.15) is 6.61 Å². The fraction of sp³-hybridized carbons (Fsp3) is 0.706. The number of rotatable bonds is 15. The van der Waals surface area contributed by atoms with Crippen LogP contribution in [0.15, 0.2) is 11.1 Å². The Morgan fingerprint density at radius 1 is 0.840 bits per heavy atom. The third kappa shape index (κ3) is 11.3. The summed E-state index contributed by atoms with van der Waals surface area (Å²) in [5.41, 5.74) is -0.853. The smallest absolute Gasteiger partial charge is 0.332 e. The number of ether oxygens (including phenoxy) is 3. The van der Waals surface area contributed by atoms with Crippen LogP contribution in [-0.2, 0) is 28.6 Å². The number of methoxy groups -OCH3 is 1. The number of carbonyl (C=O) groups is 3. The van der Waals surface area contributed by atoms with Gasteiger partial charge in [0.15, 0.2) is 0 Å². The van der Waals surface area contributed by atoms with E-state index in [9.17, 15) is 14.4 Å². The van der Waals surface area contributed by atoms with Crippen molar-refractivity contribution < 1.29 is 38.8 Å². The minimum atomic E-state index is -1.46. The van der Waals surface area contributed by atoms with E-state index in [4.69, 9.17) is 24.4 Å². The molecule has 8 nitrogen and oxygen atoms in total. The van der Waals surface area contributed by atoms with Crippen LogP contribution >= 0.6 is 0 Å². The summed E-state index contributed by atoms with van der Waals surface area (Å²) in [5.74, 6) is -3.65. The maximum Gasteiger partial charge on any atom is 0.332 e. The highest BCUT2D eigenvalue weighted by atomic mass is 16.6. The van der Waals surface area contributed by atoms with Crippen molar-refractivity contribution in [2.45, 2.75) is 45.4 Å². The van der Waals surface area contributed by atoms with Crippen LogP contribution in [0.25, 0.3) is 0 Å². The van der Waals surface area contributed by atoms with Gasteiger partial charge in [-0.15, -0.1) is 0 Å². The second kappa shape index (κ2) is 14.4. The number of carboxylic acids is 2. The van der Waals surface area contributed by atoms with Crippen LogP contribution in [0.3, 0.4) is 0 Å². The van der Waals surface area contributed by atoms with Crippen LogP contribution in [0, 0.1) is 0 Å². The zero-order chi connectivity index (χ0) is 19.1. The van der Waals surface area contributed by atoms with Gasteiger partial charge in [-0.3, -0.25) is 4.79 Å². The number of carbonyl (C=O) groups excluding carboxylic acids is 1. The summed E-state index contributed by atoms with van der Waals surface area (Å²) >= 11 is 0. The summed E-state index contributed by atoms with van der Waals surface area (Å²) < 4.78 is 15.0. The number of carboxylic acid groups (broad SMARTS) is 2. The average molecular weight is 360 g/mol. The van der Waals surface area contributed by atoms with Gasteiger partial charge in [-0.05, 0) is 6.42 Å². The summed E-state index contributed by atoms with van der Waals surface area (Å²) in [6.07, 6.45) is 3.59. The fourth-order valence-corrected chi connectivity index (χ4v) is 2.05. The van der Waals surface area contributed by atoms with E-state index in [1.54, 1.807) is 0 Å². The molecular formula is C17H28O8. The first-order chi connectivity index (χ1) is 11.9. The number of hydrogen-bond acceptors (Lipinski definition) is 6. The molecule has 25 heavy (non-hydrogen) atoms. The molecule has 0 rings (SSSR count). The molecule has 0 aliphatic heterocycles. The Labute approximate surface area is 147 Å². The van der Waals surface area contributed by atoms with Gasteiger partial charge < -0.3 is 24.4 Å². The molecule has 0 saturated heterocycles. The summed E-state index contributed by atoms with van der Waals surface area (Å²) in [5, 5.41) is 18.3. The monoisotopic (exact) mass is 360 g/mol. The van der Waals surface area contributed by atoms with Gasteiger partial charge in [0.2, 0.25) is 0 Å². The molecule has 144 valence electrons. The first kappa shape index (κ1) is 23.1. The summed E-state index contributed by atoms with van der Waals surface area (Å²) in [7, 11) is 1.37. The molecular weight excluding hydrogens is 332 g/mol. The SMILES string of the molecule is CCCCCCOCCOC(=O)C/C(C(=O)O)=C(/CCOC)C(=O)O. The molecule has 8 heteroatoms. The normalized spacial score (nSPS) is 11.8. The molecule has 0 aliphatic rings. The standard InChI is InChI=1S/C17H28O8/c1-3-4-5-6-8-24-10-11-25-15(18)12-14(17(21)22)13(16(19)20)7-9-23-2/h3-12H2,1-2H3,(H,19,20)(H,21,22)/b14-13+. The molecule has 0 aromatic carbocycles. The van der Waals surface area contributed by atoms with Gasteiger partial charge in [-0.25, -0.2) is 9.59 Å². The van der Waals surface area contributed by atoms with Crippen molar-refractivity contribution in [3.63, 3.8) is 0 Å². The second-order valence-electron chi connectivity index (χ2n) is 5.38. The van der Waals surface area contributed by atoms with E-state index in [2.05, 4.69) is 6.92 Å². The van der Waals surface area contributed by atoms with Crippen molar-refractivity contribution in [3.05, 3.63) is 11.1 Å². The van der Waals surface area contributed by atoms with E-state index in [-0.39, 0.29) is 31.8 Å². The largest absolute Gasteiger partial charge is 0.478 e. The summed E-state index contributed by atoms with van der Waals surface area (Å²) in [6, 6.07) is 0. The van der Waals surface area contributed by atoms with Gasteiger partial charge in [-0.1, -0.05) is 26.2 Å². The molecule has 0 radical (unpaired) electrons. The van der Waals surface area contributed by atoms with Crippen LogP contribution in [-0.4, -0.2) is 61.7 Å². The molecule has 0 amide bonds. The summed E-state index contributed by atoms with van der Waals surface area (Å²) in [4.78, 5) is 34.2. The third-order valence-corrected chi connectivity index (χ3v) is 3.39. The molecule has 0 aromatic rings. The maximum atomic E-state index is 11.7. The third-order valence-electron chi connectivity index (χ3n) is 3.39. The molecule has 2 N–H and O–H groups in total. The number of unbranched alkanes of at least 4 members (excludes halogenated alkanes) is 3. The quantitative estimate of drug-likeness (QED) is 0.259. The fourth-order valence-electron chi connectivity index (χ4n) is 2.05. The van der Waals surface area contributed by atoms with E-state index in [1.807, 2.05) is 0 Å². The van der Waals surface area contributed by atoms with Crippen molar-refractivity contribution in [1.82, 2.24) is 0 Å². The van der Waals surface area contributed by atoms with Gasteiger partial charge >= 0.3 is 17.9 Å². The lowest BCUT2D eigenvalue weighted by Gasteiger charge is -2.09. The molecule has 0 heterocycles. The van der Waals surface area contributed by atoms with Crippen LogP contribution in [0.2, 0.25) is 0 Å². The van der Waals surface area contributed by atoms with Gasteiger partial charge in [-0.2, -0.15) is 0 Å². The Morgan fingerprint density at radius 3 is 2.08 bits per heavy atom. The Balaban J connectivity index is 4.36. The molecule has 0 bridgehead atoms. The molecule has 0 spiro atoms. The Hall–Kier alpha value is -1.93. The highest BCUT2D eigenvalue weighted by Gasteiger charge is 2.23. The molecule has 0 atom stereocenters. The van der Waals surface area contributed by atoms with Gasteiger partial charge in [0.05, 0.1) is 30.8 Å². The zero-order valence-corrected chi connectivity index (χ0v) is 14.9. The van der Waals surface area contributed by atoms with Gasteiger partial charge in [0, 0.05) is 20.1 Å². The number of esters is 1. The minimum absolute atomic E-state index is 0.0000139. The highest BCUT2D eigenvalue weighted by molar-refractivity contribution is 6.01. The Kier molecular flexibility index (Phi) is 13.3. The van der Waals surface area contributed by atoms with Crippen LogP contribution in [0.1, 0.15) is 45.4 Å². The Morgan fingerprint density at radius 2 is 1.52 bits per heavy atom. The van der Waals surface area contributed by atoms with E-state index >= 15 is 0 Å². The predicted molar refractivity (Wildman–Crippen MR) is 89.3 cm³/mol.